The molecule has 1 heterocycles. The van der Waals surface area contributed by atoms with Crippen molar-refractivity contribution < 1.29 is 0 Å². The lowest BCUT2D eigenvalue weighted by atomic mass is 10.1. The van der Waals surface area contributed by atoms with Crippen molar-refractivity contribution in [3.63, 3.8) is 0 Å². The second-order valence-electron chi connectivity index (χ2n) is 5.07. The standard InChI is InChI=1S/C13H27N5/c1-5-6-18-11-12(10-15-18)13(9-14)17(4)8-7-16(2)3/h10-11,13H,5-9,14H2,1-4H3. The van der Waals surface area contributed by atoms with Crippen LogP contribution in [-0.4, -0.2) is 60.4 Å². The molecule has 0 aliphatic heterocycles. The van der Waals surface area contributed by atoms with Gasteiger partial charge in [-0.05, 0) is 27.6 Å². The van der Waals surface area contributed by atoms with Crippen LogP contribution in [0.1, 0.15) is 24.9 Å². The van der Waals surface area contributed by atoms with Crippen molar-refractivity contribution in [3.8, 4) is 0 Å². The molecule has 18 heavy (non-hydrogen) atoms. The highest BCUT2D eigenvalue weighted by atomic mass is 15.3. The van der Waals surface area contributed by atoms with Crippen LogP contribution in [0.3, 0.4) is 0 Å². The fourth-order valence-corrected chi connectivity index (χ4v) is 1.99. The predicted octanol–water partition coefficient (Wildman–Crippen LogP) is 0.786. The van der Waals surface area contributed by atoms with Gasteiger partial charge in [0.25, 0.3) is 0 Å². The van der Waals surface area contributed by atoms with Gasteiger partial charge in [0.2, 0.25) is 0 Å². The van der Waals surface area contributed by atoms with E-state index in [1.54, 1.807) is 0 Å². The maximum atomic E-state index is 5.90. The molecule has 0 bridgehead atoms. The number of likely N-dealkylation sites (N-methyl/N-ethyl adjacent to an activating group) is 2. The van der Waals surface area contributed by atoms with E-state index in [2.05, 4.69) is 49.2 Å². The van der Waals surface area contributed by atoms with E-state index in [1.807, 2.05) is 10.9 Å². The predicted molar refractivity (Wildman–Crippen MR) is 75.5 cm³/mol. The largest absolute Gasteiger partial charge is 0.329 e. The maximum absolute atomic E-state index is 5.90. The van der Waals surface area contributed by atoms with Gasteiger partial charge in [-0.25, -0.2) is 0 Å². The third kappa shape index (κ3) is 4.40. The highest BCUT2D eigenvalue weighted by Crippen LogP contribution is 2.17. The number of rotatable bonds is 8. The molecule has 1 rings (SSSR count). The van der Waals surface area contributed by atoms with Crippen molar-refractivity contribution >= 4 is 0 Å². The molecule has 1 atom stereocenters. The zero-order chi connectivity index (χ0) is 13.5. The molecule has 1 aromatic heterocycles. The molecule has 104 valence electrons. The Balaban J connectivity index is 2.62. The van der Waals surface area contributed by atoms with Gasteiger partial charge in [0.15, 0.2) is 0 Å². The van der Waals surface area contributed by atoms with Crippen LogP contribution in [0.15, 0.2) is 12.4 Å². The SMILES string of the molecule is CCCn1cc(C(CN)N(C)CCN(C)C)cn1. The van der Waals surface area contributed by atoms with Crippen molar-refractivity contribution in [2.75, 3.05) is 40.8 Å². The molecule has 2 N–H and O–H groups in total. The Bertz CT molecular complexity index is 334. The highest BCUT2D eigenvalue weighted by molar-refractivity contribution is 5.11. The molecule has 0 spiro atoms. The van der Waals surface area contributed by atoms with Crippen molar-refractivity contribution in [2.24, 2.45) is 5.73 Å². The van der Waals surface area contributed by atoms with Gasteiger partial charge in [-0.1, -0.05) is 6.92 Å². The third-order valence-corrected chi connectivity index (χ3v) is 3.15. The van der Waals surface area contributed by atoms with E-state index in [-0.39, 0.29) is 6.04 Å². The number of nitrogens with two attached hydrogens (primary N) is 1. The molecule has 0 aromatic carbocycles. The first-order chi connectivity index (χ1) is 8.58. The summed E-state index contributed by atoms with van der Waals surface area (Å²) in [5.74, 6) is 0. The molecule has 0 saturated carbocycles. The third-order valence-electron chi connectivity index (χ3n) is 3.15. The van der Waals surface area contributed by atoms with Crippen molar-refractivity contribution in [1.82, 2.24) is 19.6 Å². The molecule has 0 saturated heterocycles. The summed E-state index contributed by atoms with van der Waals surface area (Å²) in [6.07, 6.45) is 5.16. The van der Waals surface area contributed by atoms with Gasteiger partial charge < -0.3 is 10.6 Å². The minimum Gasteiger partial charge on any atom is -0.329 e. The van der Waals surface area contributed by atoms with Crippen LogP contribution in [0, 0.1) is 0 Å². The summed E-state index contributed by atoms with van der Waals surface area (Å²) in [7, 11) is 6.30. The van der Waals surface area contributed by atoms with Crippen molar-refractivity contribution in [3.05, 3.63) is 18.0 Å². The lowest BCUT2D eigenvalue weighted by Crippen LogP contribution is -2.35. The molecule has 1 aromatic rings. The molecule has 0 aliphatic carbocycles. The van der Waals surface area contributed by atoms with E-state index < -0.39 is 0 Å². The molecule has 0 amide bonds. The normalized spacial score (nSPS) is 13.5. The summed E-state index contributed by atoms with van der Waals surface area (Å²) < 4.78 is 2.00. The lowest BCUT2D eigenvalue weighted by Gasteiger charge is -2.27. The molecular formula is C13H27N5. The smallest absolute Gasteiger partial charge is 0.0538 e. The summed E-state index contributed by atoms with van der Waals surface area (Å²) in [6.45, 7) is 5.80. The molecule has 5 nitrogen and oxygen atoms in total. The Kier molecular flexibility index (Phi) is 6.32. The van der Waals surface area contributed by atoms with Crippen LogP contribution >= 0.6 is 0 Å². The average Bonchev–Trinajstić information content (AvgIpc) is 2.76. The monoisotopic (exact) mass is 253 g/mol. The van der Waals surface area contributed by atoms with E-state index in [1.165, 1.54) is 5.56 Å². The van der Waals surface area contributed by atoms with Crippen LogP contribution in [0.25, 0.3) is 0 Å². The Labute approximate surface area is 111 Å². The number of nitrogens with zero attached hydrogens (tertiary/aromatic N) is 4. The molecule has 0 fully saturated rings. The average molecular weight is 253 g/mol. The van der Waals surface area contributed by atoms with E-state index >= 15 is 0 Å². The van der Waals surface area contributed by atoms with Crippen LogP contribution in [0.5, 0.6) is 0 Å². The van der Waals surface area contributed by atoms with Gasteiger partial charge in [-0.2, -0.15) is 5.10 Å². The Morgan fingerprint density at radius 3 is 2.61 bits per heavy atom. The number of aromatic nitrogens is 2. The summed E-state index contributed by atoms with van der Waals surface area (Å²) >= 11 is 0. The topological polar surface area (TPSA) is 50.3 Å². The van der Waals surface area contributed by atoms with Crippen LogP contribution < -0.4 is 5.73 Å². The summed E-state index contributed by atoms with van der Waals surface area (Å²) in [5.41, 5.74) is 7.12. The number of hydrogen-bond donors (Lipinski definition) is 1. The van der Waals surface area contributed by atoms with E-state index in [0.29, 0.717) is 6.54 Å². The molecular weight excluding hydrogens is 226 g/mol. The van der Waals surface area contributed by atoms with Gasteiger partial charge >= 0.3 is 0 Å². The summed E-state index contributed by atoms with van der Waals surface area (Å²) in [4.78, 5) is 4.48. The zero-order valence-electron chi connectivity index (χ0n) is 12.1. The van der Waals surface area contributed by atoms with Gasteiger partial charge in [-0.15, -0.1) is 0 Å². The fourth-order valence-electron chi connectivity index (χ4n) is 1.99. The van der Waals surface area contributed by atoms with Gasteiger partial charge in [0.05, 0.1) is 6.20 Å². The molecule has 0 radical (unpaired) electrons. The van der Waals surface area contributed by atoms with Gasteiger partial charge in [0, 0.05) is 44.0 Å². The first-order valence-electron chi connectivity index (χ1n) is 6.65. The first-order valence-corrected chi connectivity index (χ1v) is 6.65. The Morgan fingerprint density at radius 1 is 1.33 bits per heavy atom. The van der Waals surface area contributed by atoms with Crippen LogP contribution in [-0.2, 0) is 6.54 Å². The number of aryl methyl sites for hydroxylation is 1. The van der Waals surface area contributed by atoms with E-state index in [0.717, 1.165) is 26.1 Å². The van der Waals surface area contributed by atoms with Gasteiger partial charge in [-0.3, -0.25) is 9.58 Å². The van der Waals surface area contributed by atoms with Crippen LogP contribution in [0.4, 0.5) is 0 Å². The van der Waals surface area contributed by atoms with E-state index in [9.17, 15) is 0 Å². The quantitative estimate of drug-likeness (QED) is 0.744. The highest BCUT2D eigenvalue weighted by Gasteiger charge is 2.17. The summed E-state index contributed by atoms with van der Waals surface area (Å²) in [6, 6.07) is 0.260. The summed E-state index contributed by atoms with van der Waals surface area (Å²) in [5, 5.41) is 4.38. The molecule has 5 heteroatoms. The second kappa shape index (κ2) is 7.51. The minimum absolute atomic E-state index is 0.260. The minimum atomic E-state index is 0.260. The van der Waals surface area contributed by atoms with Crippen molar-refractivity contribution in [2.45, 2.75) is 25.9 Å². The van der Waals surface area contributed by atoms with Crippen LogP contribution in [0.2, 0.25) is 0 Å². The first kappa shape index (κ1) is 15.1. The second-order valence-corrected chi connectivity index (χ2v) is 5.07. The maximum Gasteiger partial charge on any atom is 0.0538 e. The van der Waals surface area contributed by atoms with Gasteiger partial charge in [0.1, 0.15) is 0 Å². The fraction of sp³-hybridized carbons (Fsp3) is 0.769. The molecule has 1 unspecified atom stereocenters. The molecule has 0 aliphatic rings. The Morgan fingerprint density at radius 2 is 2.06 bits per heavy atom. The zero-order valence-corrected chi connectivity index (χ0v) is 12.1. The number of hydrogen-bond acceptors (Lipinski definition) is 4. The van der Waals surface area contributed by atoms with E-state index in [4.69, 9.17) is 5.73 Å². The van der Waals surface area contributed by atoms with Crippen molar-refractivity contribution in [1.29, 1.82) is 0 Å². The Hall–Kier alpha value is -0.910. The lowest BCUT2D eigenvalue weighted by molar-refractivity contribution is 0.222.